The van der Waals surface area contributed by atoms with E-state index in [9.17, 15) is 9.59 Å². The minimum Gasteiger partial charge on any atom is -0.349 e. The highest BCUT2D eigenvalue weighted by Crippen LogP contribution is 2.14. The van der Waals surface area contributed by atoms with Gasteiger partial charge in [0.15, 0.2) is 0 Å². The van der Waals surface area contributed by atoms with E-state index in [0.29, 0.717) is 13.0 Å². The first-order valence-corrected chi connectivity index (χ1v) is 5.61. The van der Waals surface area contributed by atoms with Gasteiger partial charge in [-0.25, -0.2) is 0 Å². The first-order valence-electron chi connectivity index (χ1n) is 5.61. The maximum atomic E-state index is 11.6. The van der Waals surface area contributed by atoms with Crippen molar-refractivity contribution in [1.29, 1.82) is 0 Å². The van der Waals surface area contributed by atoms with Crippen molar-refractivity contribution in [2.45, 2.75) is 51.7 Å². The Kier molecular flexibility index (Phi) is 3.57. The van der Waals surface area contributed by atoms with E-state index in [1.54, 1.807) is 18.7 Å². The fourth-order valence-corrected chi connectivity index (χ4v) is 1.70. The third kappa shape index (κ3) is 2.95. The molecule has 5 heteroatoms. The molecule has 0 aliphatic carbocycles. The predicted molar refractivity (Wildman–Crippen MR) is 61.7 cm³/mol. The zero-order valence-corrected chi connectivity index (χ0v) is 10.4. The highest BCUT2D eigenvalue weighted by Gasteiger charge is 2.34. The average Bonchev–Trinajstić information content (AvgIpc) is 2.45. The topological polar surface area (TPSA) is 75.4 Å². The van der Waals surface area contributed by atoms with Gasteiger partial charge in [0.25, 0.3) is 0 Å². The van der Waals surface area contributed by atoms with Gasteiger partial charge in [-0.1, -0.05) is 0 Å². The van der Waals surface area contributed by atoms with Gasteiger partial charge in [-0.2, -0.15) is 0 Å². The Hall–Kier alpha value is -1.10. The molecule has 5 nitrogen and oxygen atoms in total. The van der Waals surface area contributed by atoms with Crippen LogP contribution in [0.1, 0.15) is 34.1 Å². The SMILES string of the molecule is CC(C)N1CC(NC(=O)C(C)(C)N)CC1=O. The van der Waals surface area contributed by atoms with Gasteiger partial charge in [-0.15, -0.1) is 0 Å². The molecule has 0 aromatic carbocycles. The molecule has 1 atom stereocenters. The Labute approximate surface area is 96.4 Å². The quantitative estimate of drug-likeness (QED) is 0.704. The van der Waals surface area contributed by atoms with Gasteiger partial charge in [0.2, 0.25) is 11.8 Å². The second-order valence-electron chi connectivity index (χ2n) is 5.24. The van der Waals surface area contributed by atoms with Gasteiger partial charge in [0.05, 0.1) is 11.6 Å². The zero-order valence-electron chi connectivity index (χ0n) is 10.4. The van der Waals surface area contributed by atoms with Gasteiger partial charge in [-0.05, 0) is 27.7 Å². The molecule has 1 saturated heterocycles. The molecular weight excluding hydrogens is 206 g/mol. The number of hydrogen-bond acceptors (Lipinski definition) is 3. The van der Waals surface area contributed by atoms with E-state index in [0.717, 1.165) is 0 Å². The predicted octanol–water partition coefficient (Wildman–Crippen LogP) is -0.151. The van der Waals surface area contributed by atoms with Gasteiger partial charge in [-0.3, -0.25) is 9.59 Å². The van der Waals surface area contributed by atoms with E-state index < -0.39 is 5.54 Å². The molecule has 0 radical (unpaired) electrons. The van der Waals surface area contributed by atoms with Crippen molar-refractivity contribution in [1.82, 2.24) is 10.2 Å². The highest BCUT2D eigenvalue weighted by atomic mass is 16.2. The van der Waals surface area contributed by atoms with Crippen LogP contribution in [0.25, 0.3) is 0 Å². The maximum absolute atomic E-state index is 11.6. The number of carbonyl (C=O) groups is 2. The average molecular weight is 227 g/mol. The van der Waals surface area contributed by atoms with Crippen LogP contribution in [0.2, 0.25) is 0 Å². The van der Waals surface area contributed by atoms with E-state index in [4.69, 9.17) is 5.73 Å². The monoisotopic (exact) mass is 227 g/mol. The number of nitrogens with two attached hydrogens (primary N) is 1. The summed E-state index contributed by atoms with van der Waals surface area (Å²) in [5, 5.41) is 2.81. The first-order chi connectivity index (χ1) is 7.21. The number of likely N-dealkylation sites (tertiary alicyclic amines) is 1. The summed E-state index contributed by atoms with van der Waals surface area (Å²) in [7, 11) is 0. The molecule has 2 amide bonds. The van der Waals surface area contributed by atoms with Crippen molar-refractivity contribution < 1.29 is 9.59 Å². The molecule has 0 aromatic heterocycles. The Morgan fingerprint density at radius 1 is 1.56 bits per heavy atom. The minimum atomic E-state index is -0.895. The van der Waals surface area contributed by atoms with Crippen LogP contribution >= 0.6 is 0 Å². The molecular formula is C11H21N3O2. The van der Waals surface area contributed by atoms with Crippen LogP contribution in [0.15, 0.2) is 0 Å². The summed E-state index contributed by atoms with van der Waals surface area (Å²) in [6, 6.07) is 0.0745. The standard InChI is InChI=1S/C11H21N3O2/c1-7(2)14-6-8(5-9(14)15)13-10(16)11(3,4)12/h7-8H,5-6,12H2,1-4H3,(H,13,16). The van der Waals surface area contributed by atoms with Crippen LogP contribution in [0, 0.1) is 0 Å². The van der Waals surface area contributed by atoms with Crippen LogP contribution < -0.4 is 11.1 Å². The van der Waals surface area contributed by atoms with Crippen LogP contribution in [0.3, 0.4) is 0 Å². The lowest BCUT2D eigenvalue weighted by molar-refractivity contribution is -0.129. The minimum absolute atomic E-state index is 0.0927. The van der Waals surface area contributed by atoms with Gasteiger partial charge < -0.3 is 16.0 Å². The van der Waals surface area contributed by atoms with Crippen molar-refractivity contribution in [2.24, 2.45) is 5.73 Å². The largest absolute Gasteiger partial charge is 0.349 e. The van der Waals surface area contributed by atoms with E-state index in [2.05, 4.69) is 5.32 Å². The fraction of sp³-hybridized carbons (Fsp3) is 0.818. The van der Waals surface area contributed by atoms with Crippen molar-refractivity contribution in [3.8, 4) is 0 Å². The fourth-order valence-electron chi connectivity index (χ4n) is 1.70. The second-order valence-corrected chi connectivity index (χ2v) is 5.24. The number of amides is 2. The zero-order chi connectivity index (χ0) is 12.5. The molecule has 1 heterocycles. The summed E-state index contributed by atoms with van der Waals surface area (Å²) < 4.78 is 0. The van der Waals surface area contributed by atoms with Crippen LogP contribution in [-0.2, 0) is 9.59 Å². The molecule has 16 heavy (non-hydrogen) atoms. The van der Waals surface area contributed by atoms with Crippen LogP contribution in [0.4, 0.5) is 0 Å². The number of carbonyl (C=O) groups excluding carboxylic acids is 2. The Morgan fingerprint density at radius 3 is 2.50 bits per heavy atom. The van der Waals surface area contributed by atoms with Gasteiger partial charge >= 0.3 is 0 Å². The third-order valence-corrected chi connectivity index (χ3v) is 2.70. The maximum Gasteiger partial charge on any atom is 0.239 e. The molecule has 1 fully saturated rings. The van der Waals surface area contributed by atoms with Crippen LogP contribution in [-0.4, -0.2) is 40.9 Å². The summed E-state index contributed by atoms with van der Waals surface area (Å²) in [5.74, 6) is -0.119. The van der Waals surface area contributed by atoms with E-state index >= 15 is 0 Å². The molecule has 1 rings (SSSR count). The van der Waals surface area contributed by atoms with Gasteiger partial charge in [0.1, 0.15) is 0 Å². The molecule has 0 bridgehead atoms. The van der Waals surface area contributed by atoms with Gasteiger partial charge in [0, 0.05) is 19.0 Å². The number of nitrogens with one attached hydrogen (secondary N) is 1. The molecule has 92 valence electrons. The summed E-state index contributed by atoms with van der Waals surface area (Å²) in [6.45, 7) is 7.82. The van der Waals surface area contributed by atoms with Crippen molar-refractivity contribution in [3.63, 3.8) is 0 Å². The van der Waals surface area contributed by atoms with E-state index in [1.807, 2.05) is 13.8 Å². The third-order valence-electron chi connectivity index (χ3n) is 2.70. The Bertz CT molecular complexity index is 294. The van der Waals surface area contributed by atoms with Crippen molar-refractivity contribution in [2.75, 3.05) is 6.54 Å². The number of rotatable bonds is 3. The molecule has 0 spiro atoms. The van der Waals surface area contributed by atoms with E-state index in [-0.39, 0.29) is 23.9 Å². The molecule has 3 N–H and O–H groups in total. The Morgan fingerprint density at radius 2 is 2.12 bits per heavy atom. The van der Waals surface area contributed by atoms with Crippen molar-refractivity contribution >= 4 is 11.8 Å². The van der Waals surface area contributed by atoms with E-state index in [1.165, 1.54) is 0 Å². The Balaban J connectivity index is 2.54. The summed E-state index contributed by atoms with van der Waals surface area (Å²) in [6.07, 6.45) is 0.375. The summed E-state index contributed by atoms with van der Waals surface area (Å²) >= 11 is 0. The molecule has 0 saturated carbocycles. The van der Waals surface area contributed by atoms with Crippen molar-refractivity contribution in [3.05, 3.63) is 0 Å². The lowest BCUT2D eigenvalue weighted by atomic mass is 10.1. The van der Waals surface area contributed by atoms with Crippen LogP contribution in [0.5, 0.6) is 0 Å². The summed E-state index contributed by atoms with van der Waals surface area (Å²) in [4.78, 5) is 25.0. The lowest BCUT2D eigenvalue weighted by Crippen LogP contribution is -2.52. The molecule has 0 aromatic rings. The smallest absolute Gasteiger partial charge is 0.239 e. The summed E-state index contributed by atoms with van der Waals surface area (Å²) in [5.41, 5.74) is 4.78. The second kappa shape index (κ2) is 4.41. The highest BCUT2D eigenvalue weighted by molar-refractivity contribution is 5.87. The molecule has 1 aliphatic heterocycles. The first kappa shape index (κ1) is 13.0. The molecule has 1 unspecified atom stereocenters. The lowest BCUT2D eigenvalue weighted by Gasteiger charge is -2.23. The number of hydrogen-bond donors (Lipinski definition) is 2. The molecule has 1 aliphatic rings. The normalized spacial score (nSPS) is 21.8. The number of nitrogens with zero attached hydrogens (tertiary/aromatic N) is 1.